The fourth-order valence-corrected chi connectivity index (χ4v) is 4.12. The van der Waals surface area contributed by atoms with Crippen LogP contribution in [0.15, 0.2) is 68.8 Å². The van der Waals surface area contributed by atoms with Crippen molar-refractivity contribution in [1.82, 2.24) is 19.8 Å². The molecular weight excluding hydrogens is 504 g/mol. The molecule has 0 radical (unpaired) electrons. The van der Waals surface area contributed by atoms with Gasteiger partial charge < -0.3 is 24.5 Å². The maximum atomic E-state index is 13.6. The molecule has 0 unspecified atom stereocenters. The van der Waals surface area contributed by atoms with Crippen molar-refractivity contribution in [2.45, 2.75) is 33.0 Å². The van der Waals surface area contributed by atoms with Gasteiger partial charge in [0.25, 0.3) is 11.5 Å². The van der Waals surface area contributed by atoms with Crippen LogP contribution in [0.1, 0.15) is 35.0 Å². The van der Waals surface area contributed by atoms with Gasteiger partial charge in [-0.15, -0.1) is 0 Å². The molecule has 2 aromatic carbocycles. The van der Waals surface area contributed by atoms with E-state index in [0.717, 1.165) is 11.0 Å². The van der Waals surface area contributed by atoms with Gasteiger partial charge in [0.05, 0.1) is 44.5 Å². The maximum Gasteiger partial charge on any atom is 0.332 e. The van der Waals surface area contributed by atoms with Crippen molar-refractivity contribution < 1.29 is 23.5 Å². The summed E-state index contributed by atoms with van der Waals surface area (Å²) in [4.78, 5) is 52.2. The summed E-state index contributed by atoms with van der Waals surface area (Å²) in [6, 6.07) is 13.1. The quantitative estimate of drug-likeness (QED) is 0.302. The molecular formula is C28H30N4O7. The number of rotatable bonds is 11. The van der Waals surface area contributed by atoms with Crippen LogP contribution in [0.4, 0.5) is 0 Å². The molecule has 2 aromatic heterocycles. The Balaban J connectivity index is 1.73. The normalized spacial score (nSPS) is 10.8. The highest BCUT2D eigenvalue weighted by atomic mass is 16.5. The topological polar surface area (TPSA) is 134 Å². The Hall–Kier alpha value is -4.80. The summed E-state index contributed by atoms with van der Waals surface area (Å²) in [5.41, 5.74) is 0.121. The number of furan rings is 1. The Labute approximate surface area is 224 Å². The number of hydrogen-bond acceptors (Lipinski definition) is 7. The van der Waals surface area contributed by atoms with Crippen molar-refractivity contribution in [2.24, 2.45) is 0 Å². The van der Waals surface area contributed by atoms with Crippen molar-refractivity contribution in [2.75, 3.05) is 20.8 Å². The summed E-state index contributed by atoms with van der Waals surface area (Å²) in [7, 11) is 2.88. The van der Waals surface area contributed by atoms with Crippen LogP contribution in [0.2, 0.25) is 0 Å². The van der Waals surface area contributed by atoms with E-state index in [1.54, 1.807) is 36.4 Å². The number of methoxy groups -OCH3 is 2. The second-order valence-electron chi connectivity index (χ2n) is 8.79. The van der Waals surface area contributed by atoms with Crippen LogP contribution < -0.4 is 31.4 Å². The first-order valence-corrected chi connectivity index (χ1v) is 12.4. The van der Waals surface area contributed by atoms with Gasteiger partial charge in [-0.3, -0.25) is 23.5 Å². The molecule has 39 heavy (non-hydrogen) atoms. The van der Waals surface area contributed by atoms with Crippen LogP contribution in [0.3, 0.4) is 0 Å². The summed E-state index contributed by atoms with van der Waals surface area (Å²) in [5.74, 6) is 0.531. The third-order valence-electron chi connectivity index (χ3n) is 6.16. The summed E-state index contributed by atoms with van der Waals surface area (Å²) in [6.45, 7) is 2.27. The van der Waals surface area contributed by atoms with Crippen LogP contribution in [0.25, 0.3) is 10.9 Å². The van der Waals surface area contributed by atoms with E-state index in [9.17, 15) is 19.2 Å². The Kier molecular flexibility index (Phi) is 8.50. The third kappa shape index (κ3) is 6.03. The zero-order valence-electron chi connectivity index (χ0n) is 22.0. The summed E-state index contributed by atoms with van der Waals surface area (Å²) >= 11 is 0. The van der Waals surface area contributed by atoms with E-state index in [1.807, 2.05) is 6.92 Å². The van der Waals surface area contributed by atoms with Gasteiger partial charge in [-0.2, -0.15) is 0 Å². The minimum atomic E-state index is -0.669. The zero-order valence-corrected chi connectivity index (χ0v) is 22.0. The fourth-order valence-electron chi connectivity index (χ4n) is 4.12. The Morgan fingerprint density at radius 3 is 2.31 bits per heavy atom. The van der Waals surface area contributed by atoms with E-state index in [-0.39, 0.29) is 36.4 Å². The van der Waals surface area contributed by atoms with E-state index in [1.165, 1.54) is 37.2 Å². The Bertz CT molecular complexity index is 1590. The monoisotopic (exact) mass is 534 g/mol. The highest BCUT2D eigenvalue weighted by molar-refractivity contribution is 5.94. The number of aromatic nitrogens is 2. The molecule has 11 nitrogen and oxygen atoms in total. The molecule has 0 aliphatic rings. The lowest BCUT2D eigenvalue weighted by atomic mass is 10.1. The molecule has 4 rings (SSSR count). The number of nitrogens with zero attached hydrogens (tertiary/aromatic N) is 2. The molecule has 204 valence electrons. The average molecular weight is 535 g/mol. The smallest absolute Gasteiger partial charge is 0.332 e. The molecule has 11 heteroatoms. The van der Waals surface area contributed by atoms with Crippen molar-refractivity contribution in [3.63, 3.8) is 0 Å². The number of carbonyl (C=O) groups excluding carboxylic acids is 2. The Morgan fingerprint density at radius 2 is 1.67 bits per heavy atom. The van der Waals surface area contributed by atoms with Gasteiger partial charge in [0.1, 0.15) is 12.3 Å². The van der Waals surface area contributed by atoms with Crippen molar-refractivity contribution in [3.8, 4) is 11.5 Å². The number of amides is 2. The molecule has 0 aliphatic heterocycles. The van der Waals surface area contributed by atoms with Gasteiger partial charge >= 0.3 is 5.69 Å². The van der Waals surface area contributed by atoms with E-state index < -0.39 is 17.2 Å². The lowest BCUT2D eigenvalue weighted by Gasteiger charge is -2.16. The third-order valence-corrected chi connectivity index (χ3v) is 6.16. The summed E-state index contributed by atoms with van der Waals surface area (Å²) in [6.07, 6.45) is 2.32. The molecule has 0 fully saturated rings. The first kappa shape index (κ1) is 27.2. The lowest BCUT2D eigenvalue weighted by molar-refractivity contribution is -0.121. The molecule has 0 spiro atoms. The van der Waals surface area contributed by atoms with Gasteiger partial charge in [-0.25, -0.2) is 4.79 Å². The molecule has 2 heterocycles. The number of carbonyl (C=O) groups is 2. The van der Waals surface area contributed by atoms with Crippen LogP contribution in [0, 0.1) is 0 Å². The molecule has 2 amide bonds. The minimum Gasteiger partial charge on any atom is -0.493 e. The molecule has 0 atom stereocenters. The molecule has 2 N–H and O–H groups in total. The SMILES string of the molecule is CCCNC(=O)c1ccc(Cn2c(=O)c3cc(OC)c(OC)cc3n(CC(=O)NCc3ccco3)c2=O)cc1. The molecule has 0 saturated carbocycles. The Morgan fingerprint density at radius 1 is 0.949 bits per heavy atom. The second kappa shape index (κ2) is 12.2. The number of ether oxygens (including phenoxy) is 2. The van der Waals surface area contributed by atoms with Crippen molar-refractivity contribution in [1.29, 1.82) is 0 Å². The average Bonchev–Trinajstić information content (AvgIpc) is 3.48. The molecule has 0 saturated heterocycles. The molecule has 0 bridgehead atoms. The van der Waals surface area contributed by atoms with Gasteiger partial charge in [0.2, 0.25) is 5.91 Å². The highest BCUT2D eigenvalue weighted by Crippen LogP contribution is 2.30. The van der Waals surface area contributed by atoms with Gasteiger partial charge in [-0.05, 0) is 42.3 Å². The maximum absolute atomic E-state index is 13.6. The van der Waals surface area contributed by atoms with Crippen LogP contribution in [-0.4, -0.2) is 41.7 Å². The van der Waals surface area contributed by atoms with Crippen LogP contribution in [-0.2, 0) is 24.4 Å². The number of hydrogen-bond donors (Lipinski definition) is 2. The molecule has 0 aliphatic carbocycles. The first-order valence-electron chi connectivity index (χ1n) is 12.4. The highest BCUT2D eigenvalue weighted by Gasteiger charge is 2.19. The van der Waals surface area contributed by atoms with E-state index in [2.05, 4.69) is 10.6 Å². The van der Waals surface area contributed by atoms with Gasteiger partial charge in [0, 0.05) is 18.2 Å². The minimum absolute atomic E-state index is 0.0627. The number of nitrogens with one attached hydrogen (secondary N) is 2. The predicted octanol–water partition coefficient (Wildman–Crippen LogP) is 2.28. The summed E-state index contributed by atoms with van der Waals surface area (Å²) in [5, 5.41) is 5.71. The fraction of sp³-hybridized carbons (Fsp3) is 0.286. The number of fused-ring (bicyclic) bond motifs is 1. The number of benzene rings is 2. The zero-order chi connectivity index (χ0) is 27.9. The van der Waals surface area contributed by atoms with E-state index in [4.69, 9.17) is 13.9 Å². The van der Waals surface area contributed by atoms with E-state index in [0.29, 0.717) is 34.9 Å². The van der Waals surface area contributed by atoms with Gasteiger partial charge in [0.15, 0.2) is 11.5 Å². The predicted molar refractivity (Wildman–Crippen MR) is 144 cm³/mol. The van der Waals surface area contributed by atoms with Crippen LogP contribution >= 0.6 is 0 Å². The summed E-state index contributed by atoms with van der Waals surface area (Å²) < 4.78 is 18.3. The van der Waals surface area contributed by atoms with E-state index >= 15 is 0 Å². The van der Waals surface area contributed by atoms with Crippen LogP contribution in [0.5, 0.6) is 11.5 Å². The lowest BCUT2D eigenvalue weighted by Crippen LogP contribution is -2.42. The van der Waals surface area contributed by atoms with Gasteiger partial charge in [-0.1, -0.05) is 19.1 Å². The largest absolute Gasteiger partial charge is 0.493 e. The standard InChI is InChI=1S/C28H30N4O7/c1-4-11-29-26(34)19-9-7-18(8-10-19)16-32-27(35)21-13-23(37-2)24(38-3)14-22(21)31(28(32)36)17-25(33)30-15-20-6-5-12-39-20/h5-10,12-14H,4,11,15-17H2,1-3H3,(H,29,34)(H,30,33). The second-order valence-corrected chi connectivity index (χ2v) is 8.79. The van der Waals surface area contributed by atoms with Crippen molar-refractivity contribution in [3.05, 3.63) is 92.5 Å². The molecule has 4 aromatic rings. The first-order chi connectivity index (χ1) is 18.9. The van der Waals surface area contributed by atoms with Crippen molar-refractivity contribution >= 4 is 22.7 Å².